The number of nitrogens with two attached hydrogens (primary N) is 1. The maximum atomic E-state index is 6.43. The molecule has 2 N–H and O–H groups in total. The third-order valence-electron chi connectivity index (χ3n) is 4.27. The van der Waals surface area contributed by atoms with Gasteiger partial charge in [-0.2, -0.15) is 0 Å². The number of hydrogen-bond donors (Lipinski definition) is 1. The molecule has 2 aromatic carbocycles. The number of anilines is 1. The van der Waals surface area contributed by atoms with E-state index in [0.717, 1.165) is 25.1 Å². The van der Waals surface area contributed by atoms with Crippen molar-refractivity contribution in [3.8, 4) is 11.5 Å². The van der Waals surface area contributed by atoms with Gasteiger partial charge in [-0.3, -0.25) is 4.67 Å². The maximum absolute atomic E-state index is 6.43. The first-order valence-electron chi connectivity index (χ1n) is 9.02. The Morgan fingerprint density at radius 1 is 1.23 bits per heavy atom. The molecule has 0 aliphatic carbocycles. The van der Waals surface area contributed by atoms with Crippen LogP contribution in [0.2, 0.25) is 0 Å². The van der Waals surface area contributed by atoms with E-state index in [1.165, 1.54) is 0 Å². The zero-order valence-electron chi connectivity index (χ0n) is 15.1. The van der Waals surface area contributed by atoms with Crippen molar-refractivity contribution < 1.29 is 14.2 Å². The fourth-order valence-electron chi connectivity index (χ4n) is 2.97. The van der Waals surface area contributed by atoms with Gasteiger partial charge in [-0.05, 0) is 24.1 Å². The van der Waals surface area contributed by atoms with Crippen molar-refractivity contribution >= 4 is 15.1 Å². The summed E-state index contributed by atoms with van der Waals surface area (Å²) in [6.07, 6.45) is 0.606. The summed E-state index contributed by atoms with van der Waals surface area (Å²) >= 11 is 0. The first kappa shape index (κ1) is 19.0. The van der Waals surface area contributed by atoms with E-state index in [4.69, 9.17) is 19.9 Å². The molecule has 3 rings (SSSR count). The van der Waals surface area contributed by atoms with E-state index < -0.39 is 0 Å². The second kappa shape index (κ2) is 9.22. The molecule has 1 saturated heterocycles. The van der Waals surface area contributed by atoms with E-state index in [2.05, 4.69) is 33.1 Å². The SMILES string of the molecule is CCCOc1ccc(N)cc1O[C@@H](c1ccccc1)C1CN(P)CCO1. The van der Waals surface area contributed by atoms with Crippen molar-refractivity contribution in [2.24, 2.45) is 0 Å². The van der Waals surface area contributed by atoms with Crippen molar-refractivity contribution in [1.82, 2.24) is 4.67 Å². The highest BCUT2D eigenvalue weighted by Gasteiger charge is 2.30. The summed E-state index contributed by atoms with van der Waals surface area (Å²) in [4.78, 5) is 0. The zero-order chi connectivity index (χ0) is 18.4. The Bertz CT molecular complexity index is 699. The highest BCUT2D eigenvalue weighted by atomic mass is 31.0. The van der Waals surface area contributed by atoms with Gasteiger partial charge in [0.05, 0.1) is 13.2 Å². The Morgan fingerprint density at radius 3 is 2.77 bits per heavy atom. The highest BCUT2D eigenvalue weighted by molar-refractivity contribution is 7.13. The van der Waals surface area contributed by atoms with Crippen molar-refractivity contribution in [3.05, 3.63) is 54.1 Å². The molecular weight excluding hydrogens is 347 g/mol. The molecule has 0 radical (unpaired) electrons. The summed E-state index contributed by atoms with van der Waals surface area (Å²) in [7, 11) is 2.76. The molecule has 1 aliphatic rings. The van der Waals surface area contributed by atoms with Crippen molar-refractivity contribution in [1.29, 1.82) is 0 Å². The predicted octanol–water partition coefficient (Wildman–Crippen LogP) is 3.67. The molecule has 0 bridgehead atoms. The first-order chi connectivity index (χ1) is 12.7. The van der Waals surface area contributed by atoms with Crippen LogP contribution in [0.4, 0.5) is 5.69 Å². The van der Waals surface area contributed by atoms with Gasteiger partial charge in [0.2, 0.25) is 0 Å². The third kappa shape index (κ3) is 4.88. The number of hydrogen-bond acceptors (Lipinski definition) is 5. The minimum absolute atomic E-state index is 0.0795. The first-order valence-corrected chi connectivity index (χ1v) is 9.54. The van der Waals surface area contributed by atoms with Gasteiger partial charge in [0.1, 0.15) is 6.10 Å². The number of benzene rings is 2. The third-order valence-corrected chi connectivity index (χ3v) is 4.74. The molecule has 3 atom stereocenters. The summed E-state index contributed by atoms with van der Waals surface area (Å²) in [6.45, 7) is 5.06. The largest absolute Gasteiger partial charge is 0.490 e. The van der Waals surface area contributed by atoms with Crippen LogP contribution in [0.5, 0.6) is 11.5 Å². The Kier molecular flexibility index (Phi) is 6.73. The Balaban J connectivity index is 1.89. The fraction of sp³-hybridized carbons (Fsp3) is 0.400. The van der Waals surface area contributed by atoms with E-state index in [0.29, 0.717) is 30.4 Å². The molecule has 140 valence electrons. The van der Waals surface area contributed by atoms with Crippen molar-refractivity contribution in [2.45, 2.75) is 25.6 Å². The lowest BCUT2D eigenvalue weighted by atomic mass is 10.0. The number of morpholine rings is 1. The minimum atomic E-state index is -0.245. The number of rotatable bonds is 7. The monoisotopic (exact) mass is 374 g/mol. The average molecular weight is 374 g/mol. The van der Waals surface area contributed by atoms with Crippen LogP contribution in [0.25, 0.3) is 0 Å². The van der Waals surface area contributed by atoms with Crippen LogP contribution < -0.4 is 15.2 Å². The molecule has 1 heterocycles. The Hall–Kier alpha value is -1.81. The normalized spacial score (nSPS) is 19.1. The fourth-order valence-corrected chi connectivity index (χ4v) is 3.28. The van der Waals surface area contributed by atoms with Gasteiger partial charge in [0.25, 0.3) is 0 Å². The quantitative estimate of drug-likeness (QED) is 0.592. The summed E-state index contributed by atoms with van der Waals surface area (Å²) in [6, 6.07) is 15.7. The van der Waals surface area contributed by atoms with E-state index in [9.17, 15) is 0 Å². The molecule has 2 unspecified atom stereocenters. The van der Waals surface area contributed by atoms with Gasteiger partial charge >= 0.3 is 0 Å². The second-order valence-corrected chi connectivity index (χ2v) is 7.14. The van der Waals surface area contributed by atoms with Crippen LogP contribution in [-0.2, 0) is 4.74 Å². The Morgan fingerprint density at radius 2 is 2.04 bits per heavy atom. The molecular formula is C20H27N2O3P. The number of nitrogens with zero attached hydrogens (tertiary/aromatic N) is 1. The molecule has 6 heteroatoms. The van der Waals surface area contributed by atoms with Crippen LogP contribution in [0, 0.1) is 0 Å². The molecule has 0 saturated carbocycles. The van der Waals surface area contributed by atoms with Gasteiger partial charge in [-0.1, -0.05) is 46.6 Å². The lowest BCUT2D eigenvalue weighted by Crippen LogP contribution is -2.42. The Labute approximate surface area is 157 Å². The molecule has 0 spiro atoms. The van der Waals surface area contributed by atoms with Gasteiger partial charge < -0.3 is 19.9 Å². The maximum Gasteiger partial charge on any atom is 0.164 e. The minimum Gasteiger partial charge on any atom is -0.490 e. The van der Waals surface area contributed by atoms with Crippen LogP contribution in [0.15, 0.2) is 48.5 Å². The molecule has 0 amide bonds. The molecule has 26 heavy (non-hydrogen) atoms. The van der Waals surface area contributed by atoms with Crippen LogP contribution in [-0.4, -0.2) is 37.1 Å². The number of nitrogen functional groups attached to an aromatic ring is 1. The predicted molar refractivity (Wildman–Crippen MR) is 107 cm³/mol. The standard InChI is InChI=1S/C20H27N2O3P/c1-2-11-23-17-9-8-16(21)13-18(17)25-20(15-6-4-3-5-7-15)19-14-22(26)10-12-24-19/h3-9,13,19-20H,2,10-12,14,21,26H2,1H3/t19?,20-/m0/s1. The number of ether oxygens (including phenoxy) is 3. The molecule has 2 aromatic rings. The summed E-state index contributed by atoms with van der Waals surface area (Å²) in [5.41, 5.74) is 7.71. The van der Waals surface area contributed by atoms with E-state index in [1.807, 2.05) is 36.4 Å². The van der Waals surface area contributed by atoms with Crippen LogP contribution in [0.3, 0.4) is 0 Å². The van der Waals surface area contributed by atoms with Crippen molar-refractivity contribution in [3.63, 3.8) is 0 Å². The molecule has 0 aromatic heterocycles. The van der Waals surface area contributed by atoms with E-state index >= 15 is 0 Å². The topological polar surface area (TPSA) is 57.0 Å². The van der Waals surface area contributed by atoms with Crippen LogP contribution >= 0.6 is 9.39 Å². The summed E-state index contributed by atoms with van der Waals surface area (Å²) in [5, 5.41) is 0. The lowest BCUT2D eigenvalue weighted by molar-refractivity contribution is -0.0624. The van der Waals surface area contributed by atoms with Crippen LogP contribution in [0.1, 0.15) is 25.0 Å². The van der Waals surface area contributed by atoms with Gasteiger partial charge in [0.15, 0.2) is 17.6 Å². The summed E-state index contributed by atoms with van der Waals surface area (Å²) in [5.74, 6) is 1.36. The zero-order valence-corrected chi connectivity index (χ0v) is 16.3. The van der Waals surface area contributed by atoms with E-state index in [-0.39, 0.29) is 12.2 Å². The molecule has 5 nitrogen and oxygen atoms in total. The van der Waals surface area contributed by atoms with E-state index in [1.54, 1.807) is 0 Å². The second-order valence-electron chi connectivity index (χ2n) is 6.41. The highest BCUT2D eigenvalue weighted by Crippen LogP contribution is 2.36. The molecule has 1 fully saturated rings. The van der Waals surface area contributed by atoms with Gasteiger partial charge in [0, 0.05) is 24.8 Å². The average Bonchev–Trinajstić information content (AvgIpc) is 2.66. The smallest absolute Gasteiger partial charge is 0.164 e. The van der Waals surface area contributed by atoms with Gasteiger partial charge in [-0.25, -0.2) is 0 Å². The van der Waals surface area contributed by atoms with Crippen molar-refractivity contribution in [2.75, 3.05) is 32.0 Å². The molecule has 1 aliphatic heterocycles. The van der Waals surface area contributed by atoms with Gasteiger partial charge in [-0.15, -0.1) is 0 Å². The summed E-state index contributed by atoms with van der Waals surface area (Å²) < 4.78 is 20.5. The lowest BCUT2D eigenvalue weighted by Gasteiger charge is -2.35.